The van der Waals surface area contributed by atoms with Gasteiger partial charge in [0.05, 0.1) is 5.41 Å². The monoisotopic (exact) mass is 241 g/mol. The van der Waals surface area contributed by atoms with Gasteiger partial charge >= 0.3 is 0 Å². The van der Waals surface area contributed by atoms with Crippen LogP contribution in [0.2, 0.25) is 0 Å². The molecular formula is C12H23N3O2. The van der Waals surface area contributed by atoms with Gasteiger partial charge in [-0.3, -0.25) is 9.59 Å². The summed E-state index contributed by atoms with van der Waals surface area (Å²) in [5.41, 5.74) is 4.77. The Bertz CT molecular complexity index is 296. The van der Waals surface area contributed by atoms with Gasteiger partial charge in [0, 0.05) is 19.0 Å². The first-order valence-electron chi connectivity index (χ1n) is 6.18. The van der Waals surface area contributed by atoms with Crippen LogP contribution in [-0.4, -0.2) is 30.9 Å². The molecule has 1 heterocycles. The highest BCUT2D eigenvalue weighted by atomic mass is 16.2. The summed E-state index contributed by atoms with van der Waals surface area (Å²) < 4.78 is 0. The van der Waals surface area contributed by atoms with Crippen molar-refractivity contribution in [2.45, 2.75) is 39.7 Å². The summed E-state index contributed by atoms with van der Waals surface area (Å²) in [4.78, 5) is 23.1. The van der Waals surface area contributed by atoms with Gasteiger partial charge in [-0.05, 0) is 25.8 Å². The van der Waals surface area contributed by atoms with E-state index in [1.165, 1.54) is 0 Å². The standard InChI is InChI=1S/C12H23N3O2/c1-8(2)12(4-5-14-7-12)11(17)15-9(3)6-10(13)16/h8-9,14H,4-7H2,1-3H3,(H2,13,16)(H,15,17). The number of amides is 2. The molecular weight excluding hydrogens is 218 g/mol. The molecule has 0 aromatic heterocycles. The quantitative estimate of drug-likeness (QED) is 0.633. The van der Waals surface area contributed by atoms with Gasteiger partial charge in [0.25, 0.3) is 0 Å². The van der Waals surface area contributed by atoms with Crippen LogP contribution in [0.15, 0.2) is 0 Å². The summed E-state index contributed by atoms with van der Waals surface area (Å²) in [7, 11) is 0. The number of carbonyl (C=O) groups is 2. The maximum Gasteiger partial charge on any atom is 0.228 e. The molecule has 1 rings (SSSR count). The van der Waals surface area contributed by atoms with Crippen LogP contribution in [0.3, 0.4) is 0 Å². The van der Waals surface area contributed by atoms with E-state index in [0.29, 0.717) is 6.54 Å². The largest absolute Gasteiger partial charge is 0.370 e. The zero-order valence-electron chi connectivity index (χ0n) is 10.9. The second-order valence-electron chi connectivity index (χ2n) is 5.28. The van der Waals surface area contributed by atoms with Gasteiger partial charge in [0.2, 0.25) is 11.8 Å². The fraction of sp³-hybridized carbons (Fsp3) is 0.833. The Morgan fingerprint density at radius 3 is 2.47 bits per heavy atom. The van der Waals surface area contributed by atoms with Gasteiger partial charge < -0.3 is 16.4 Å². The van der Waals surface area contributed by atoms with Gasteiger partial charge in [-0.2, -0.15) is 0 Å². The maximum atomic E-state index is 12.3. The van der Waals surface area contributed by atoms with Crippen molar-refractivity contribution in [2.24, 2.45) is 17.1 Å². The molecule has 2 atom stereocenters. The molecule has 5 nitrogen and oxygen atoms in total. The lowest BCUT2D eigenvalue weighted by atomic mass is 9.75. The van der Waals surface area contributed by atoms with Crippen molar-refractivity contribution < 1.29 is 9.59 Å². The van der Waals surface area contributed by atoms with E-state index in [-0.39, 0.29) is 35.6 Å². The summed E-state index contributed by atoms with van der Waals surface area (Å²) in [6, 6.07) is -0.198. The van der Waals surface area contributed by atoms with E-state index in [2.05, 4.69) is 24.5 Å². The third-order valence-electron chi connectivity index (χ3n) is 3.63. The van der Waals surface area contributed by atoms with Gasteiger partial charge in [-0.25, -0.2) is 0 Å². The van der Waals surface area contributed by atoms with E-state index in [0.717, 1.165) is 13.0 Å². The lowest BCUT2D eigenvalue weighted by Crippen LogP contribution is -2.49. The van der Waals surface area contributed by atoms with E-state index in [1.54, 1.807) is 6.92 Å². The Morgan fingerprint density at radius 2 is 2.06 bits per heavy atom. The molecule has 0 aromatic rings. The third kappa shape index (κ3) is 3.19. The smallest absolute Gasteiger partial charge is 0.228 e. The molecule has 0 radical (unpaired) electrons. The molecule has 0 aromatic carbocycles. The van der Waals surface area contributed by atoms with E-state index in [1.807, 2.05) is 0 Å². The Labute approximate surface area is 103 Å². The summed E-state index contributed by atoms with van der Waals surface area (Å²) >= 11 is 0. The number of nitrogens with two attached hydrogens (primary N) is 1. The lowest BCUT2D eigenvalue weighted by molar-refractivity contribution is -0.133. The first kappa shape index (κ1) is 14.0. The van der Waals surface area contributed by atoms with Crippen LogP contribution < -0.4 is 16.4 Å². The number of rotatable bonds is 5. The second-order valence-corrected chi connectivity index (χ2v) is 5.28. The summed E-state index contributed by atoms with van der Waals surface area (Å²) in [6.45, 7) is 7.51. The zero-order chi connectivity index (χ0) is 13.1. The zero-order valence-corrected chi connectivity index (χ0v) is 10.9. The van der Waals surface area contributed by atoms with Crippen molar-refractivity contribution >= 4 is 11.8 Å². The maximum absolute atomic E-state index is 12.3. The van der Waals surface area contributed by atoms with Crippen LogP contribution in [0.1, 0.15) is 33.6 Å². The van der Waals surface area contributed by atoms with Gasteiger partial charge in [0.15, 0.2) is 0 Å². The Kier molecular flexibility index (Phi) is 4.51. The lowest BCUT2D eigenvalue weighted by Gasteiger charge is -2.32. The molecule has 1 saturated heterocycles. The molecule has 0 spiro atoms. The minimum atomic E-state index is -0.388. The molecule has 0 aliphatic carbocycles. The molecule has 0 bridgehead atoms. The summed E-state index contributed by atoms with van der Waals surface area (Å²) in [6.07, 6.45) is 1.03. The van der Waals surface area contributed by atoms with Crippen molar-refractivity contribution in [3.63, 3.8) is 0 Å². The highest BCUT2D eigenvalue weighted by molar-refractivity contribution is 5.84. The van der Waals surface area contributed by atoms with Crippen molar-refractivity contribution in [1.82, 2.24) is 10.6 Å². The van der Waals surface area contributed by atoms with Crippen LogP contribution >= 0.6 is 0 Å². The first-order chi connectivity index (χ1) is 7.88. The SMILES string of the molecule is CC(CC(N)=O)NC(=O)C1(C(C)C)CCNC1. The Morgan fingerprint density at radius 1 is 1.41 bits per heavy atom. The van der Waals surface area contributed by atoms with E-state index in [9.17, 15) is 9.59 Å². The van der Waals surface area contributed by atoms with Crippen LogP contribution in [0.25, 0.3) is 0 Å². The van der Waals surface area contributed by atoms with Crippen molar-refractivity contribution in [3.8, 4) is 0 Å². The summed E-state index contributed by atoms with van der Waals surface area (Å²) in [5, 5.41) is 6.13. The number of primary amides is 1. The van der Waals surface area contributed by atoms with E-state index >= 15 is 0 Å². The number of carbonyl (C=O) groups excluding carboxylic acids is 2. The molecule has 0 saturated carbocycles. The highest BCUT2D eigenvalue weighted by Gasteiger charge is 2.44. The molecule has 4 N–H and O–H groups in total. The molecule has 1 aliphatic rings. The molecule has 98 valence electrons. The van der Waals surface area contributed by atoms with Gasteiger partial charge in [-0.15, -0.1) is 0 Å². The Balaban J connectivity index is 2.64. The second kappa shape index (κ2) is 5.49. The fourth-order valence-corrected chi connectivity index (χ4v) is 2.38. The van der Waals surface area contributed by atoms with E-state index < -0.39 is 0 Å². The summed E-state index contributed by atoms with van der Waals surface area (Å²) in [5.74, 6) is -0.0783. The van der Waals surface area contributed by atoms with Crippen LogP contribution in [-0.2, 0) is 9.59 Å². The van der Waals surface area contributed by atoms with Crippen molar-refractivity contribution in [1.29, 1.82) is 0 Å². The number of hydrogen-bond donors (Lipinski definition) is 3. The van der Waals surface area contributed by atoms with Crippen molar-refractivity contribution in [3.05, 3.63) is 0 Å². The minimum Gasteiger partial charge on any atom is -0.370 e. The topological polar surface area (TPSA) is 84.2 Å². The average molecular weight is 241 g/mol. The van der Waals surface area contributed by atoms with E-state index in [4.69, 9.17) is 5.73 Å². The molecule has 2 amide bonds. The Hall–Kier alpha value is -1.10. The predicted molar refractivity (Wildman–Crippen MR) is 66.2 cm³/mol. The van der Waals surface area contributed by atoms with Gasteiger partial charge in [0.1, 0.15) is 0 Å². The molecule has 17 heavy (non-hydrogen) atoms. The molecule has 1 aliphatic heterocycles. The molecule has 5 heteroatoms. The fourth-order valence-electron chi connectivity index (χ4n) is 2.38. The average Bonchev–Trinajstić information content (AvgIpc) is 2.65. The molecule has 1 fully saturated rings. The number of hydrogen-bond acceptors (Lipinski definition) is 3. The predicted octanol–water partition coefficient (Wildman–Crippen LogP) is 0.00220. The third-order valence-corrected chi connectivity index (χ3v) is 3.63. The van der Waals surface area contributed by atoms with Crippen LogP contribution in [0, 0.1) is 11.3 Å². The normalized spacial score (nSPS) is 25.9. The van der Waals surface area contributed by atoms with Gasteiger partial charge in [-0.1, -0.05) is 13.8 Å². The number of nitrogens with one attached hydrogen (secondary N) is 2. The highest BCUT2D eigenvalue weighted by Crippen LogP contribution is 2.34. The minimum absolute atomic E-state index is 0.0336. The molecule has 2 unspecified atom stereocenters. The van der Waals surface area contributed by atoms with Crippen LogP contribution in [0.4, 0.5) is 0 Å². The first-order valence-corrected chi connectivity index (χ1v) is 6.18. The van der Waals surface area contributed by atoms with Crippen molar-refractivity contribution in [2.75, 3.05) is 13.1 Å². The van der Waals surface area contributed by atoms with Crippen LogP contribution in [0.5, 0.6) is 0 Å².